The third-order valence-corrected chi connectivity index (χ3v) is 11.0. The molecule has 3 fully saturated rings. The number of hydrogen-bond donors (Lipinski definition) is 1. The van der Waals surface area contributed by atoms with E-state index in [-0.39, 0.29) is 6.10 Å². The SMILES string of the molecule is C=C(CC[C@@H](C)[C@H]1CCC2=C3CCC4[C@H](C)[C@@H](O)CC[C@]4(C)[C@H]3CC[C@@]21C)C(C)C. The van der Waals surface area contributed by atoms with Crippen LogP contribution in [0.25, 0.3) is 0 Å². The molecule has 1 heteroatoms. The lowest BCUT2D eigenvalue weighted by Crippen LogP contribution is -2.51. The van der Waals surface area contributed by atoms with Crippen molar-refractivity contribution in [2.45, 2.75) is 112 Å². The third-order valence-electron chi connectivity index (χ3n) is 11.0. The maximum atomic E-state index is 10.5. The maximum Gasteiger partial charge on any atom is 0.0568 e. The van der Waals surface area contributed by atoms with Gasteiger partial charge in [0.1, 0.15) is 0 Å². The lowest BCUT2D eigenvalue weighted by molar-refractivity contribution is -0.0779. The van der Waals surface area contributed by atoms with Gasteiger partial charge in [0.25, 0.3) is 0 Å². The molecule has 0 bridgehead atoms. The van der Waals surface area contributed by atoms with E-state index in [0.29, 0.717) is 22.7 Å². The van der Waals surface area contributed by atoms with E-state index >= 15 is 0 Å². The summed E-state index contributed by atoms with van der Waals surface area (Å²) in [5, 5.41) is 10.5. The van der Waals surface area contributed by atoms with E-state index in [0.717, 1.165) is 30.1 Å². The number of aliphatic hydroxyl groups is 1. The molecule has 0 spiro atoms. The summed E-state index contributed by atoms with van der Waals surface area (Å²) >= 11 is 0. The molecule has 170 valence electrons. The Labute approximate surface area is 186 Å². The highest BCUT2D eigenvalue weighted by Crippen LogP contribution is 2.66. The number of allylic oxidation sites excluding steroid dienone is 3. The molecule has 0 heterocycles. The summed E-state index contributed by atoms with van der Waals surface area (Å²) in [6, 6.07) is 0. The van der Waals surface area contributed by atoms with Crippen molar-refractivity contribution in [3.63, 3.8) is 0 Å². The first-order chi connectivity index (χ1) is 14.1. The fourth-order valence-electron chi connectivity index (χ4n) is 8.80. The largest absolute Gasteiger partial charge is 0.393 e. The molecule has 0 amide bonds. The lowest BCUT2D eigenvalue weighted by Gasteiger charge is -2.58. The van der Waals surface area contributed by atoms with Crippen LogP contribution in [0.3, 0.4) is 0 Å². The summed E-state index contributed by atoms with van der Waals surface area (Å²) in [6.45, 7) is 19.0. The Morgan fingerprint density at radius 2 is 1.80 bits per heavy atom. The van der Waals surface area contributed by atoms with E-state index in [1.807, 2.05) is 11.1 Å². The van der Waals surface area contributed by atoms with Gasteiger partial charge in [0.2, 0.25) is 0 Å². The topological polar surface area (TPSA) is 20.2 Å². The highest BCUT2D eigenvalue weighted by atomic mass is 16.3. The van der Waals surface area contributed by atoms with Crippen LogP contribution in [-0.4, -0.2) is 11.2 Å². The second-order valence-electron chi connectivity index (χ2n) is 12.6. The highest BCUT2D eigenvalue weighted by molar-refractivity contribution is 5.35. The van der Waals surface area contributed by atoms with Crippen molar-refractivity contribution < 1.29 is 5.11 Å². The first-order valence-electron chi connectivity index (χ1n) is 13.2. The Kier molecular flexibility index (Phi) is 6.10. The third kappa shape index (κ3) is 3.46. The predicted octanol–water partition coefficient (Wildman–Crippen LogP) is 7.94. The summed E-state index contributed by atoms with van der Waals surface area (Å²) in [7, 11) is 0. The Hall–Kier alpha value is -0.560. The van der Waals surface area contributed by atoms with Crippen molar-refractivity contribution in [1.82, 2.24) is 0 Å². The van der Waals surface area contributed by atoms with Gasteiger partial charge >= 0.3 is 0 Å². The number of fused-ring (bicyclic) bond motifs is 4. The van der Waals surface area contributed by atoms with E-state index < -0.39 is 0 Å². The molecule has 4 aliphatic carbocycles. The lowest BCUT2D eigenvalue weighted by atomic mass is 9.47. The van der Waals surface area contributed by atoms with Crippen molar-refractivity contribution in [3.05, 3.63) is 23.3 Å². The monoisotopic (exact) mass is 412 g/mol. The fraction of sp³-hybridized carbons (Fsp3) is 0.862. The van der Waals surface area contributed by atoms with Crippen LogP contribution in [0.2, 0.25) is 0 Å². The van der Waals surface area contributed by atoms with Gasteiger partial charge in [0.05, 0.1) is 6.10 Å². The van der Waals surface area contributed by atoms with Gasteiger partial charge in [0.15, 0.2) is 0 Å². The molecule has 0 aromatic carbocycles. The average Bonchev–Trinajstić information content (AvgIpc) is 3.06. The smallest absolute Gasteiger partial charge is 0.0568 e. The minimum absolute atomic E-state index is 0.0663. The Morgan fingerprint density at radius 3 is 2.50 bits per heavy atom. The van der Waals surface area contributed by atoms with Gasteiger partial charge in [-0.15, -0.1) is 0 Å². The summed E-state index contributed by atoms with van der Waals surface area (Å²) in [4.78, 5) is 0. The normalized spacial score (nSPS) is 44.5. The van der Waals surface area contributed by atoms with E-state index in [1.165, 1.54) is 63.4 Å². The number of rotatable bonds is 5. The second kappa shape index (κ2) is 8.09. The van der Waals surface area contributed by atoms with E-state index in [4.69, 9.17) is 0 Å². The summed E-state index contributed by atoms with van der Waals surface area (Å²) in [5.74, 6) is 4.28. The molecule has 4 aliphatic rings. The standard InChI is InChI=1S/C29H48O/c1-18(2)19(3)8-9-20(4)23-12-13-25-22-10-11-24-21(5)27(30)15-17-29(24,7)26(22)14-16-28(23,25)6/h18,20-21,23-24,26-27,30H,3,8-17H2,1-2,4-7H3/t20-,21+,23-,24?,26+,27+,28-,29+/m1/s1. The molecule has 3 saturated carbocycles. The zero-order valence-corrected chi connectivity index (χ0v) is 20.8. The zero-order valence-electron chi connectivity index (χ0n) is 20.8. The van der Waals surface area contributed by atoms with Crippen LogP contribution < -0.4 is 0 Å². The zero-order chi connectivity index (χ0) is 21.8. The van der Waals surface area contributed by atoms with Crippen LogP contribution in [0.4, 0.5) is 0 Å². The van der Waals surface area contributed by atoms with Gasteiger partial charge in [-0.3, -0.25) is 0 Å². The minimum Gasteiger partial charge on any atom is -0.393 e. The van der Waals surface area contributed by atoms with E-state index in [2.05, 4.69) is 48.1 Å². The van der Waals surface area contributed by atoms with Crippen LogP contribution in [0.5, 0.6) is 0 Å². The van der Waals surface area contributed by atoms with E-state index in [9.17, 15) is 5.11 Å². The Morgan fingerprint density at radius 1 is 1.07 bits per heavy atom. The number of hydrogen-bond acceptors (Lipinski definition) is 1. The Balaban J connectivity index is 1.55. The molecule has 0 saturated heterocycles. The van der Waals surface area contributed by atoms with Crippen LogP contribution in [0, 0.1) is 46.3 Å². The Bertz CT molecular complexity index is 701. The van der Waals surface area contributed by atoms with Gasteiger partial charge in [-0.05, 0) is 111 Å². The molecule has 0 aromatic heterocycles. The molecule has 1 nitrogen and oxygen atoms in total. The van der Waals surface area contributed by atoms with Crippen molar-refractivity contribution >= 4 is 0 Å². The molecular formula is C29H48O. The van der Waals surface area contributed by atoms with Crippen LogP contribution in [0.1, 0.15) is 106 Å². The number of aliphatic hydroxyl groups excluding tert-OH is 1. The molecule has 0 radical (unpaired) electrons. The van der Waals surface area contributed by atoms with Crippen LogP contribution in [-0.2, 0) is 0 Å². The quantitative estimate of drug-likeness (QED) is 0.454. The molecule has 8 atom stereocenters. The molecule has 30 heavy (non-hydrogen) atoms. The summed E-state index contributed by atoms with van der Waals surface area (Å²) in [6.07, 6.45) is 12.9. The molecule has 4 rings (SSSR count). The van der Waals surface area contributed by atoms with Crippen LogP contribution in [0.15, 0.2) is 23.3 Å². The average molecular weight is 413 g/mol. The first kappa shape index (κ1) is 22.6. The van der Waals surface area contributed by atoms with Crippen molar-refractivity contribution in [2.24, 2.45) is 46.3 Å². The van der Waals surface area contributed by atoms with Crippen LogP contribution >= 0.6 is 0 Å². The molecule has 0 aliphatic heterocycles. The maximum absolute atomic E-state index is 10.5. The molecule has 1 unspecified atom stereocenters. The van der Waals surface area contributed by atoms with Gasteiger partial charge in [0, 0.05) is 0 Å². The van der Waals surface area contributed by atoms with Crippen molar-refractivity contribution in [3.8, 4) is 0 Å². The molecular weight excluding hydrogens is 364 g/mol. The molecule has 1 N–H and O–H groups in total. The first-order valence-corrected chi connectivity index (χ1v) is 13.2. The van der Waals surface area contributed by atoms with Crippen molar-refractivity contribution in [2.75, 3.05) is 0 Å². The summed E-state index contributed by atoms with van der Waals surface area (Å²) in [5.41, 5.74) is 6.11. The van der Waals surface area contributed by atoms with Gasteiger partial charge in [-0.25, -0.2) is 0 Å². The second-order valence-corrected chi connectivity index (χ2v) is 12.6. The minimum atomic E-state index is -0.0663. The van der Waals surface area contributed by atoms with Gasteiger partial charge < -0.3 is 5.11 Å². The molecule has 0 aromatic rings. The van der Waals surface area contributed by atoms with E-state index in [1.54, 1.807) is 0 Å². The van der Waals surface area contributed by atoms with Crippen molar-refractivity contribution in [1.29, 1.82) is 0 Å². The van der Waals surface area contributed by atoms with Gasteiger partial charge in [-0.2, -0.15) is 0 Å². The highest BCUT2D eigenvalue weighted by Gasteiger charge is 2.56. The summed E-state index contributed by atoms with van der Waals surface area (Å²) < 4.78 is 0. The fourth-order valence-corrected chi connectivity index (χ4v) is 8.80. The predicted molar refractivity (Wildman–Crippen MR) is 128 cm³/mol. The van der Waals surface area contributed by atoms with Gasteiger partial charge in [-0.1, -0.05) is 64.8 Å².